The maximum Gasteiger partial charge on any atom is 0.226 e. The van der Waals surface area contributed by atoms with Crippen molar-refractivity contribution in [2.24, 2.45) is 10.2 Å². The topological polar surface area (TPSA) is 97.8 Å². The molecule has 0 saturated carbocycles. The predicted molar refractivity (Wildman–Crippen MR) is 105 cm³/mol. The van der Waals surface area contributed by atoms with E-state index in [1.807, 2.05) is 30.3 Å². The summed E-state index contributed by atoms with van der Waals surface area (Å²) in [4.78, 5) is 8.44. The number of aromatic hydroxyl groups is 1. The maximum atomic E-state index is 9.66. The summed E-state index contributed by atoms with van der Waals surface area (Å²) in [7, 11) is 1.49. The fourth-order valence-corrected chi connectivity index (χ4v) is 2.87. The molecule has 9 heteroatoms. The highest BCUT2D eigenvalue weighted by atomic mass is 35.5. The van der Waals surface area contributed by atoms with Crippen LogP contribution in [0.2, 0.25) is 5.28 Å². The van der Waals surface area contributed by atoms with Crippen LogP contribution in [0, 0.1) is 0 Å². The van der Waals surface area contributed by atoms with E-state index < -0.39 is 0 Å². The second-order valence-corrected chi connectivity index (χ2v) is 6.19. The molecule has 0 atom stereocenters. The first-order chi connectivity index (χ1) is 13.7. The van der Waals surface area contributed by atoms with E-state index in [9.17, 15) is 5.11 Å². The molecule has 0 radical (unpaired) electrons. The van der Waals surface area contributed by atoms with Crippen molar-refractivity contribution < 1.29 is 9.84 Å². The molecule has 0 bridgehead atoms. The minimum atomic E-state index is 0.0606. The van der Waals surface area contributed by atoms with E-state index in [4.69, 9.17) is 16.3 Å². The van der Waals surface area contributed by atoms with Crippen LogP contribution in [-0.4, -0.2) is 32.0 Å². The number of benzene rings is 2. The van der Waals surface area contributed by atoms with Crippen LogP contribution in [-0.2, 0) is 6.54 Å². The number of phenolic OH excluding ortho intramolecular Hbond substituents is 1. The molecule has 0 saturated heterocycles. The van der Waals surface area contributed by atoms with Crippen molar-refractivity contribution >= 4 is 28.5 Å². The van der Waals surface area contributed by atoms with E-state index in [2.05, 4.69) is 25.3 Å². The van der Waals surface area contributed by atoms with E-state index in [0.29, 0.717) is 22.6 Å². The number of hydrogen-bond acceptors (Lipinski definition) is 7. The molecule has 8 nitrogen and oxygen atoms in total. The van der Waals surface area contributed by atoms with Crippen LogP contribution in [0.3, 0.4) is 0 Å². The standard InChI is InChI=1S/C19H15ClN6O2/c1-28-16-9-12(7-8-15(16)27)10-21-25-17-14-11-22-26(13-5-3-2-4-6-13)18(14)24-19(20)23-17/h2-9,11,27H,10H2,1H3. The van der Waals surface area contributed by atoms with Crippen molar-refractivity contribution in [3.63, 3.8) is 0 Å². The molecule has 4 rings (SSSR count). The molecular formula is C19H15ClN6O2. The fourth-order valence-electron chi connectivity index (χ4n) is 2.71. The molecule has 2 heterocycles. The number of methoxy groups -OCH3 is 1. The molecule has 2 aromatic heterocycles. The monoisotopic (exact) mass is 394 g/mol. The van der Waals surface area contributed by atoms with Crippen molar-refractivity contribution in [2.45, 2.75) is 6.54 Å². The average molecular weight is 395 g/mol. The Kier molecular flexibility index (Phi) is 4.86. The molecule has 28 heavy (non-hydrogen) atoms. The first-order valence-corrected chi connectivity index (χ1v) is 8.73. The molecule has 1 N–H and O–H groups in total. The highest BCUT2D eigenvalue weighted by Gasteiger charge is 2.13. The minimum absolute atomic E-state index is 0.0606. The van der Waals surface area contributed by atoms with Crippen molar-refractivity contribution in [3.8, 4) is 17.2 Å². The summed E-state index contributed by atoms with van der Waals surface area (Å²) in [6, 6.07) is 14.6. The van der Waals surface area contributed by atoms with Crippen LogP contribution >= 0.6 is 11.6 Å². The summed E-state index contributed by atoms with van der Waals surface area (Å²) in [5, 5.41) is 23.1. The molecule has 0 aliphatic carbocycles. The van der Waals surface area contributed by atoms with Crippen molar-refractivity contribution in [1.82, 2.24) is 19.7 Å². The van der Waals surface area contributed by atoms with Crippen molar-refractivity contribution in [1.29, 1.82) is 0 Å². The second-order valence-electron chi connectivity index (χ2n) is 5.85. The molecule has 0 fully saturated rings. The first kappa shape index (κ1) is 17.9. The Balaban J connectivity index is 1.66. The highest BCUT2D eigenvalue weighted by Crippen LogP contribution is 2.28. The van der Waals surface area contributed by atoms with Crippen LogP contribution in [0.15, 0.2) is 65.0 Å². The molecule has 140 valence electrons. The number of halogens is 1. The van der Waals surface area contributed by atoms with Crippen LogP contribution in [0.5, 0.6) is 11.5 Å². The van der Waals surface area contributed by atoms with Gasteiger partial charge in [-0.15, -0.1) is 5.11 Å². The normalized spacial score (nSPS) is 11.4. The van der Waals surface area contributed by atoms with Gasteiger partial charge in [-0.3, -0.25) is 0 Å². The zero-order valence-electron chi connectivity index (χ0n) is 14.8. The Labute approximate surface area is 165 Å². The summed E-state index contributed by atoms with van der Waals surface area (Å²) < 4.78 is 6.77. The SMILES string of the molecule is COc1cc(CN=Nc2nc(Cl)nc3c2cnn3-c2ccccc2)ccc1O. The van der Waals surface area contributed by atoms with E-state index in [1.165, 1.54) is 7.11 Å². The quantitative estimate of drug-likeness (QED) is 0.398. The maximum absolute atomic E-state index is 9.66. The summed E-state index contributed by atoms with van der Waals surface area (Å²) in [5.41, 5.74) is 2.23. The molecule has 4 aromatic rings. The number of azo groups is 1. The Morgan fingerprint density at radius 2 is 1.96 bits per heavy atom. The van der Waals surface area contributed by atoms with Gasteiger partial charge in [-0.05, 0) is 41.4 Å². The van der Waals surface area contributed by atoms with Gasteiger partial charge in [0.1, 0.15) is 0 Å². The third-order valence-corrected chi connectivity index (χ3v) is 4.21. The number of hydrogen-bond donors (Lipinski definition) is 1. The van der Waals surface area contributed by atoms with Gasteiger partial charge < -0.3 is 9.84 Å². The van der Waals surface area contributed by atoms with Crippen molar-refractivity contribution in [2.75, 3.05) is 7.11 Å². The summed E-state index contributed by atoms with van der Waals surface area (Å²) in [5.74, 6) is 0.785. The van der Waals surface area contributed by atoms with Gasteiger partial charge in [-0.2, -0.15) is 20.2 Å². The van der Waals surface area contributed by atoms with E-state index in [-0.39, 0.29) is 17.6 Å². The number of nitrogens with zero attached hydrogens (tertiary/aromatic N) is 6. The molecule has 0 amide bonds. The number of phenols is 1. The lowest BCUT2D eigenvalue weighted by atomic mass is 10.2. The van der Waals surface area contributed by atoms with Crippen LogP contribution in [0.1, 0.15) is 5.56 Å². The number of rotatable bonds is 5. The zero-order valence-corrected chi connectivity index (χ0v) is 15.6. The highest BCUT2D eigenvalue weighted by molar-refractivity contribution is 6.28. The average Bonchev–Trinajstić information content (AvgIpc) is 3.13. The smallest absolute Gasteiger partial charge is 0.226 e. The van der Waals surface area contributed by atoms with E-state index in [1.54, 1.807) is 29.1 Å². The fraction of sp³-hybridized carbons (Fsp3) is 0.105. The molecule has 0 aliphatic heterocycles. The Hall–Kier alpha value is -3.52. The van der Waals surface area contributed by atoms with Crippen LogP contribution in [0.4, 0.5) is 5.82 Å². The van der Waals surface area contributed by atoms with Gasteiger partial charge in [0.25, 0.3) is 0 Å². The van der Waals surface area contributed by atoms with Gasteiger partial charge in [-0.1, -0.05) is 24.3 Å². The molecule has 0 aliphatic rings. The molecule has 2 aromatic carbocycles. The van der Waals surface area contributed by atoms with Crippen LogP contribution < -0.4 is 4.74 Å². The molecule has 0 unspecified atom stereocenters. The van der Waals surface area contributed by atoms with Gasteiger partial charge in [0, 0.05) is 0 Å². The Bertz CT molecular complexity index is 1160. The number of para-hydroxylation sites is 1. The number of aromatic nitrogens is 4. The zero-order chi connectivity index (χ0) is 19.5. The number of ether oxygens (including phenoxy) is 1. The van der Waals surface area contributed by atoms with E-state index in [0.717, 1.165) is 11.3 Å². The van der Waals surface area contributed by atoms with Crippen LogP contribution in [0.25, 0.3) is 16.7 Å². The largest absolute Gasteiger partial charge is 0.504 e. The first-order valence-electron chi connectivity index (χ1n) is 8.36. The van der Waals surface area contributed by atoms with Gasteiger partial charge in [-0.25, -0.2) is 4.68 Å². The predicted octanol–water partition coefficient (Wildman–Crippen LogP) is 4.47. The van der Waals surface area contributed by atoms with Gasteiger partial charge in [0.15, 0.2) is 23.0 Å². The summed E-state index contributed by atoms with van der Waals surface area (Å²) in [6.07, 6.45) is 1.64. The Morgan fingerprint density at radius 3 is 2.75 bits per heavy atom. The Morgan fingerprint density at radius 1 is 1.14 bits per heavy atom. The molecular weight excluding hydrogens is 380 g/mol. The lowest BCUT2D eigenvalue weighted by molar-refractivity contribution is 0.373. The lowest BCUT2D eigenvalue weighted by Gasteiger charge is -2.04. The lowest BCUT2D eigenvalue weighted by Crippen LogP contribution is -1.97. The third-order valence-electron chi connectivity index (χ3n) is 4.04. The van der Waals surface area contributed by atoms with Gasteiger partial charge in [0.05, 0.1) is 30.9 Å². The van der Waals surface area contributed by atoms with Gasteiger partial charge >= 0.3 is 0 Å². The van der Waals surface area contributed by atoms with Crippen molar-refractivity contribution in [3.05, 3.63) is 65.6 Å². The molecule has 0 spiro atoms. The summed E-state index contributed by atoms with van der Waals surface area (Å²) in [6.45, 7) is 0.284. The third kappa shape index (κ3) is 3.49. The second kappa shape index (κ2) is 7.61. The van der Waals surface area contributed by atoms with E-state index >= 15 is 0 Å². The summed E-state index contributed by atoms with van der Waals surface area (Å²) >= 11 is 6.08. The van der Waals surface area contributed by atoms with Gasteiger partial charge in [0.2, 0.25) is 5.28 Å². The minimum Gasteiger partial charge on any atom is -0.504 e. The number of fused-ring (bicyclic) bond motifs is 1.